The van der Waals surface area contributed by atoms with E-state index in [2.05, 4.69) is 21.2 Å². The maximum absolute atomic E-state index is 13.6. The van der Waals surface area contributed by atoms with E-state index in [1.165, 1.54) is 12.5 Å². The number of nitrogens with one attached hydrogen (secondary N) is 1. The molecule has 0 aromatic heterocycles. The molecule has 2 aliphatic heterocycles. The number of benzene rings is 1. The summed E-state index contributed by atoms with van der Waals surface area (Å²) in [5, 5.41) is 3.48. The molecule has 1 aromatic carbocycles. The Bertz CT molecular complexity index is 517. The number of likely N-dealkylation sites (tertiary alicyclic amines) is 1. The first kappa shape index (κ1) is 14.0. The summed E-state index contributed by atoms with van der Waals surface area (Å²) in [4.78, 5) is 14.5. The van der Waals surface area contributed by atoms with E-state index in [4.69, 9.17) is 0 Å². The number of carbonyl (C=O) groups is 1. The second kappa shape index (κ2) is 5.82. The van der Waals surface area contributed by atoms with Crippen molar-refractivity contribution in [2.45, 2.75) is 37.8 Å². The molecule has 3 nitrogen and oxygen atoms in total. The summed E-state index contributed by atoms with van der Waals surface area (Å²) in [5.41, 5.74) is 0.440. The molecular weight excluding hydrogens is 323 g/mol. The number of carbonyl (C=O) groups excluding carboxylic acids is 1. The molecule has 0 aliphatic carbocycles. The maximum atomic E-state index is 13.6. The van der Waals surface area contributed by atoms with Gasteiger partial charge in [0, 0.05) is 24.2 Å². The number of hydrogen-bond donors (Lipinski definition) is 1. The number of halogens is 2. The average molecular weight is 341 g/mol. The predicted molar refractivity (Wildman–Crippen MR) is 79.2 cm³/mol. The Balaban J connectivity index is 1.79. The van der Waals surface area contributed by atoms with Crippen molar-refractivity contribution in [2.75, 3.05) is 13.1 Å². The van der Waals surface area contributed by atoms with Crippen LogP contribution < -0.4 is 5.32 Å². The highest BCUT2D eigenvalue weighted by atomic mass is 79.9. The van der Waals surface area contributed by atoms with Gasteiger partial charge in [0.15, 0.2) is 0 Å². The molecule has 2 heterocycles. The third kappa shape index (κ3) is 2.61. The quantitative estimate of drug-likeness (QED) is 0.897. The topological polar surface area (TPSA) is 32.3 Å². The molecule has 1 N–H and O–H groups in total. The molecule has 20 heavy (non-hydrogen) atoms. The number of amides is 1. The molecule has 108 valence electrons. The number of hydrogen-bond acceptors (Lipinski definition) is 2. The van der Waals surface area contributed by atoms with Gasteiger partial charge < -0.3 is 10.2 Å². The molecule has 3 rings (SSSR count). The van der Waals surface area contributed by atoms with E-state index >= 15 is 0 Å². The molecule has 2 unspecified atom stereocenters. The predicted octanol–water partition coefficient (Wildman–Crippen LogP) is 2.94. The van der Waals surface area contributed by atoms with Gasteiger partial charge in [0.2, 0.25) is 0 Å². The summed E-state index contributed by atoms with van der Waals surface area (Å²) in [6.45, 7) is 1.81. The molecule has 1 amide bonds. The largest absolute Gasteiger partial charge is 0.334 e. The Labute approximate surface area is 126 Å². The molecule has 5 heteroatoms. The fraction of sp³-hybridized carbons (Fsp3) is 0.533. The fourth-order valence-electron chi connectivity index (χ4n) is 3.30. The highest BCUT2D eigenvalue weighted by Gasteiger charge is 2.36. The lowest BCUT2D eigenvalue weighted by Crippen LogP contribution is -2.46. The summed E-state index contributed by atoms with van der Waals surface area (Å²) in [6.07, 6.45) is 4.38. The SMILES string of the molecule is O=C(c1ccc(Br)c(F)c1)N1CCCC1C1CCCN1. The first-order valence-electron chi connectivity index (χ1n) is 7.16. The van der Waals surface area contributed by atoms with Crippen LogP contribution in [0.1, 0.15) is 36.0 Å². The average Bonchev–Trinajstić information content (AvgIpc) is 3.10. The van der Waals surface area contributed by atoms with E-state index in [-0.39, 0.29) is 17.8 Å². The van der Waals surface area contributed by atoms with Crippen molar-refractivity contribution in [3.63, 3.8) is 0 Å². The molecule has 0 bridgehead atoms. The number of rotatable bonds is 2. The van der Waals surface area contributed by atoms with Gasteiger partial charge in [-0.25, -0.2) is 4.39 Å². The minimum atomic E-state index is -0.384. The zero-order valence-electron chi connectivity index (χ0n) is 11.2. The zero-order chi connectivity index (χ0) is 14.1. The van der Waals surface area contributed by atoms with Gasteiger partial charge in [-0.1, -0.05) is 0 Å². The molecule has 2 fully saturated rings. The Morgan fingerprint density at radius 2 is 2.20 bits per heavy atom. The van der Waals surface area contributed by atoms with Crippen molar-refractivity contribution < 1.29 is 9.18 Å². The molecule has 2 aliphatic rings. The van der Waals surface area contributed by atoms with Crippen LogP contribution >= 0.6 is 15.9 Å². The van der Waals surface area contributed by atoms with Gasteiger partial charge in [0.25, 0.3) is 5.91 Å². The van der Waals surface area contributed by atoms with Crippen molar-refractivity contribution in [1.29, 1.82) is 0 Å². The lowest BCUT2D eigenvalue weighted by atomic mass is 10.0. The van der Waals surface area contributed by atoms with Crippen LogP contribution in [0, 0.1) is 5.82 Å². The molecular formula is C15H18BrFN2O. The van der Waals surface area contributed by atoms with Crippen LogP contribution in [-0.4, -0.2) is 36.0 Å². The summed E-state index contributed by atoms with van der Waals surface area (Å²) in [7, 11) is 0. The smallest absolute Gasteiger partial charge is 0.254 e. The Kier molecular flexibility index (Phi) is 4.08. The fourth-order valence-corrected chi connectivity index (χ4v) is 3.54. The van der Waals surface area contributed by atoms with Gasteiger partial charge in [-0.2, -0.15) is 0 Å². The highest BCUT2D eigenvalue weighted by Crippen LogP contribution is 2.27. The summed E-state index contributed by atoms with van der Waals surface area (Å²) < 4.78 is 14.0. The third-order valence-corrected chi connectivity index (χ3v) is 4.93. The van der Waals surface area contributed by atoms with Gasteiger partial charge in [0.1, 0.15) is 5.82 Å². The zero-order valence-corrected chi connectivity index (χ0v) is 12.8. The van der Waals surface area contributed by atoms with Gasteiger partial charge >= 0.3 is 0 Å². The van der Waals surface area contributed by atoms with Crippen molar-refractivity contribution in [3.05, 3.63) is 34.1 Å². The van der Waals surface area contributed by atoms with Gasteiger partial charge in [-0.15, -0.1) is 0 Å². The number of nitrogens with zero attached hydrogens (tertiary/aromatic N) is 1. The van der Waals surface area contributed by atoms with Crippen LogP contribution in [0.3, 0.4) is 0 Å². The van der Waals surface area contributed by atoms with E-state index in [0.29, 0.717) is 16.1 Å². The van der Waals surface area contributed by atoms with Crippen LogP contribution in [0.4, 0.5) is 4.39 Å². The van der Waals surface area contributed by atoms with E-state index in [0.717, 1.165) is 32.4 Å². The summed E-state index contributed by atoms with van der Waals surface area (Å²) in [5.74, 6) is -0.432. The normalized spacial score (nSPS) is 26.2. The van der Waals surface area contributed by atoms with Crippen LogP contribution in [0.25, 0.3) is 0 Å². The van der Waals surface area contributed by atoms with Gasteiger partial charge in [-0.3, -0.25) is 4.79 Å². The lowest BCUT2D eigenvalue weighted by molar-refractivity contribution is 0.0711. The van der Waals surface area contributed by atoms with Crippen molar-refractivity contribution >= 4 is 21.8 Å². The van der Waals surface area contributed by atoms with Gasteiger partial charge in [0.05, 0.1) is 4.47 Å². The lowest BCUT2D eigenvalue weighted by Gasteiger charge is -2.29. The van der Waals surface area contributed by atoms with Crippen molar-refractivity contribution in [2.24, 2.45) is 0 Å². The van der Waals surface area contributed by atoms with E-state index in [9.17, 15) is 9.18 Å². The van der Waals surface area contributed by atoms with Crippen LogP contribution in [0.2, 0.25) is 0 Å². The van der Waals surface area contributed by atoms with Crippen molar-refractivity contribution in [1.82, 2.24) is 10.2 Å². The molecule has 2 atom stereocenters. The van der Waals surface area contributed by atoms with Gasteiger partial charge in [-0.05, 0) is 66.4 Å². The molecule has 0 radical (unpaired) electrons. The molecule has 1 aromatic rings. The van der Waals surface area contributed by atoms with Crippen LogP contribution in [-0.2, 0) is 0 Å². The minimum Gasteiger partial charge on any atom is -0.334 e. The Morgan fingerprint density at radius 3 is 2.90 bits per heavy atom. The Morgan fingerprint density at radius 1 is 1.35 bits per heavy atom. The highest BCUT2D eigenvalue weighted by molar-refractivity contribution is 9.10. The second-order valence-electron chi connectivity index (χ2n) is 5.54. The second-order valence-corrected chi connectivity index (χ2v) is 6.39. The van der Waals surface area contributed by atoms with Crippen LogP contribution in [0.15, 0.2) is 22.7 Å². The van der Waals surface area contributed by atoms with E-state index < -0.39 is 0 Å². The monoisotopic (exact) mass is 340 g/mol. The summed E-state index contributed by atoms with van der Waals surface area (Å²) in [6, 6.07) is 5.27. The van der Waals surface area contributed by atoms with Crippen LogP contribution in [0.5, 0.6) is 0 Å². The molecule has 0 saturated carbocycles. The first-order valence-corrected chi connectivity index (χ1v) is 7.95. The van der Waals surface area contributed by atoms with E-state index in [1.54, 1.807) is 12.1 Å². The maximum Gasteiger partial charge on any atom is 0.254 e. The minimum absolute atomic E-state index is 0.0485. The van der Waals surface area contributed by atoms with Crippen molar-refractivity contribution in [3.8, 4) is 0 Å². The molecule has 2 saturated heterocycles. The first-order chi connectivity index (χ1) is 9.66. The standard InChI is InChI=1S/C15H18BrFN2O/c16-11-6-5-10(9-12(11)17)15(20)19-8-2-4-14(19)13-3-1-7-18-13/h5-6,9,13-14,18H,1-4,7-8H2. The summed E-state index contributed by atoms with van der Waals surface area (Å²) >= 11 is 3.12. The van der Waals surface area contributed by atoms with E-state index in [1.807, 2.05) is 4.90 Å². The Hall–Kier alpha value is -0.940. The molecule has 0 spiro atoms. The third-order valence-electron chi connectivity index (χ3n) is 4.29.